The van der Waals surface area contributed by atoms with E-state index < -0.39 is 21.0 Å². The van der Waals surface area contributed by atoms with Crippen LogP contribution in [0, 0.1) is 17.0 Å². The van der Waals surface area contributed by atoms with Crippen molar-refractivity contribution in [2.45, 2.75) is 24.8 Å². The molecule has 0 aromatic heterocycles. The van der Waals surface area contributed by atoms with E-state index in [1.807, 2.05) is 12.1 Å². The van der Waals surface area contributed by atoms with E-state index in [2.05, 4.69) is 20.7 Å². The van der Waals surface area contributed by atoms with Gasteiger partial charge in [0.05, 0.1) is 9.82 Å². The molecule has 0 bridgehead atoms. The van der Waals surface area contributed by atoms with Crippen LogP contribution < -0.4 is 4.72 Å². The Kier molecular flexibility index (Phi) is 5.18. The van der Waals surface area contributed by atoms with Crippen LogP contribution >= 0.6 is 15.9 Å². The zero-order chi connectivity index (χ0) is 17.2. The predicted molar refractivity (Wildman–Crippen MR) is 90.7 cm³/mol. The van der Waals surface area contributed by atoms with Gasteiger partial charge in [-0.3, -0.25) is 10.1 Å². The van der Waals surface area contributed by atoms with Crippen LogP contribution in [0.2, 0.25) is 0 Å². The molecule has 1 atom stereocenters. The second-order valence-electron chi connectivity index (χ2n) is 5.10. The summed E-state index contributed by atoms with van der Waals surface area (Å²) in [6.45, 7) is 3.27. The first-order chi connectivity index (χ1) is 10.7. The molecule has 0 fully saturated rings. The molecule has 0 aliphatic rings. The summed E-state index contributed by atoms with van der Waals surface area (Å²) in [7, 11) is -3.86. The Morgan fingerprint density at radius 3 is 2.35 bits per heavy atom. The standard InChI is InChI=1S/C15H15BrN2O4S/c1-10-3-8-14(9-15(10)18(19)20)23(21,22)17-11(2)12-4-6-13(16)7-5-12/h3-9,11,17H,1-2H3/t11-/m1/s1. The number of hydrogen-bond acceptors (Lipinski definition) is 4. The minimum Gasteiger partial charge on any atom is -0.258 e. The first-order valence-corrected chi connectivity index (χ1v) is 9.01. The number of aryl methyl sites for hydroxylation is 1. The fraction of sp³-hybridized carbons (Fsp3) is 0.200. The van der Waals surface area contributed by atoms with E-state index in [-0.39, 0.29) is 10.6 Å². The summed E-state index contributed by atoms with van der Waals surface area (Å²) in [4.78, 5) is 10.2. The van der Waals surface area contributed by atoms with Crippen molar-refractivity contribution in [2.24, 2.45) is 0 Å². The number of nitrogens with zero attached hydrogens (tertiary/aromatic N) is 1. The van der Waals surface area contributed by atoms with Gasteiger partial charge in [0, 0.05) is 22.1 Å². The Balaban J connectivity index is 2.30. The largest absolute Gasteiger partial charge is 0.273 e. The van der Waals surface area contributed by atoms with Gasteiger partial charge in [-0.15, -0.1) is 0 Å². The average molecular weight is 399 g/mol. The van der Waals surface area contributed by atoms with E-state index in [1.165, 1.54) is 12.1 Å². The number of nitro groups is 1. The van der Waals surface area contributed by atoms with E-state index >= 15 is 0 Å². The average Bonchev–Trinajstić information content (AvgIpc) is 2.47. The minimum atomic E-state index is -3.86. The zero-order valence-corrected chi connectivity index (χ0v) is 14.9. The third-order valence-corrected chi connectivity index (χ3v) is 5.46. The summed E-state index contributed by atoms with van der Waals surface area (Å²) in [5, 5.41) is 11.0. The van der Waals surface area contributed by atoms with Crippen LogP contribution in [0.25, 0.3) is 0 Å². The maximum atomic E-state index is 12.4. The van der Waals surface area contributed by atoms with Crippen molar-refractivity contribution in [3.8, 4) is 0 Å². The van der Waals surface area contributed by atoms with Gasteiger partial charge in [0.25, 0.3) is 5.69 Å². The Labute approximate surface area is 142 Å². The number of sulfonamides is 1. The van der Waals surface area contributed by atoms with Crippen LogP contribution in [-0.4, -0.2) is 13.3 Å². The molecule has 0 saturated carbocycles. The van der Waals surface area contributed by atoms with Crippen LogP contribution in [0.1, 0.15) is 24.1 Å². The van der Waals surface area contributed by atoms with Gasteiger partial charge in [-0.05, 0) is 37.6 Å². The molecule has 6 nitrogen and oxygen atoms in total. The van der Waals surface area contributed by atoms with E-state index in [0.717, 1.165) is 16.1 Å². The number of halogens is 1. The van der Waals surface area contributed by atoms with Crippen LogP contribution in [0.15, 0.2) is 51.8 Å². The summed E-state index contributed by atoms with van der Waals surface area (Å²) < 4.78 is 28.3. The molecule has 2 rings (SSSR count). The number of rotatable bonds is 5. The summed E-state index contributed by atoms with van der Waals surface area (Å²) in [5.41, 5.74) is 0.984. The topological polar surface area (TPSA) is 89.3 Å². The highest BCUT2D eigenvalue weighted by atomic mass is 79.9. The lowest BCUT2D eigenvalue weighted by Gasteiger charge is -2.15. The van der Waals surface area contributed by atoms with E-state index in [4.69, 9.17) is 0 Å². The Morgan fingerprint density at radius 2 is 1.78 bits per heavy atom. The summed E-state index contributed by atoms with van der Waals surface area (Å²) >= 11 is 3.32. The smallest absolute Gasteiger partial charge is 0.258 e. The van der Waals surface area contributed by atoms with Gasteiger partial charge >= 0.3 is 0 Å². The molecular formula is C15H15BrN2O4S. The number of benzene rings is 2. The van der Waals surface area contributed by atoms with Crippen molar-refractivity contribution in [1.82, 2.24) is 4.72 Å². The molecule has 122 valence electrons. The lowest BCUT2D eigenvalue weighted by Crippen LogP contribution is -2.27. The fourth-order valence-electron chi connectivity index (χ4n) is 2.07. The third kappa shape index (κ3) is 4.15. The minimum absolute atomic E-state index is 0.126. The van der Waals surface area contributed by atoms with Crippen molar-refractivity contribution in [2.75, 3.05) is 0 Å². The molecule has 1 N–H and O–H groups in total. The molecule has 23 heavy (non-hydrogen) atoms. The zero-order valence-electron chi connectivity index (χ0n) is 12.5. The summed E-state index contributed by atoms with van der Waals surface area (Å²) in [6.07, 6.45) is 0. The van der Waals surface area contributed by atoms with E-state index in [1.54, 1.807) is 26.0 Å². The highest BCUT2D eigenvalue weighted by Gasteiger charge is 2.22. The van der Waals surface area contributed by atoms with Gasteiger partial charge < -0.3 is 0 Å². The molecule has 0 saturated heterocycles. The lowest BCUT2D eigenvalue weighted by molar-refractivity contribution is -0.385. The van der Waals surface area contributed by atoms with Gasteiger partial charge in [0.15, 0.2) is 0 Å². The molecule has 0 heterocycles. The molecule has 0 unspecified atom stereocenters. The van der Waals surface area contributed by atoms with Gasteiger partial charge in [-0.25, -0.2) is 13.1 Å². The van der Waals surface area contributed by atoms with Crippen molar-refractivity contribution in [1.29, 1.82) is 0 Å². The van der Waals surface area contributed by atoms with Gasteiger partial charge in [-0.2, -0.15) is 0 Å². The summed E-state index contributed by atoms with van der Waals surface area (Å²) in [6, 6.07) is 10.6. The van der Waals surface area contributed by atoms with E-state index in [0.29, 0.717) is 5.56 Å². The normalized spacial score (nSPS) is 12.8. The molecular weight excluding hydrogens is 384 g/mol. The van der Waals surface area contributed by atoms with Crippen molar-refractivity contribution in [3.63, 3.8) is 0 Å². The Morgan fingerprint density at radius 1 is 1.17 bits per heavy atom. The lowest BCUT2D eigenvalue weighted by atomic mass is 10.1. The first-order valence-electron chi connectivity index (χ1n) is 6.73. The number of nitrogens with one attached hydrogen (secondary N) is 1. The second kappa shape index (κ2) is 6.77. The Hall–Kier alpha value is -1.77. The molecule has 2 aromatic rings. The Bertz CT molecular complexity index is 835. The quantitative estimate of drug-likeness (QED) is 0.613. The van der Waals surface area contributed by atoms with Crippen molar-refractivity contribution < 1.29 is 13.3 Å². The first kappa shape index (κ1) is 17.6. The highest BCUT2D eigenvalue weighted by molar-refractivity contribution is 9.10. The maximum Gasteiger partial charge on any atom is 0.273 e. The SMILES string of the molecule is Cc1ccc(S(=O)(=O)N[C@H](C)c2ccc(Br)cc2)cc1[N+](=O)[O-]. The molecule has 0 aliphatic heterocycles. The second-order valence-corrected chi connectivity index (χ2v) is 7.73. The van der Waals surface area contributed by atoms with Crippen LogP contribution in [0.3, 0.4) is 0 Å². The molecule has 2 aromatic carbocycles. The fourth-order valence-corrected chi connectivity index (χ4v) is 3.59. The van der Waals surface area contributed by atoms with Gasteiger partial charge in [0.1, 0.15) is 0 Å². The number of hydrogen-bond donors (Lipinski definition) is 1. The van der Waals surface area contributed by atoms with Gasteiger partial charge in [0.2, 0.25) is 10.0 Å². The monoisotopic (exact) mass is 398 g/mol. The van der Waals surface area contributed by atoms with Crippen molar-refractivity contribution >= 4 is 31.6 Å². The molecule has 8 heteroatoms. The third-order valence-electron chi connectivity index (χ3n) is 3.39. The van der Waals surface area contributed by atoms with Crippen LogP contribution in [0.5, 0.6) is 0 Å². The van der Waals surface area contributed by atoms with E-state index in [9.17, 15) is 18.5 Å². The van der Waals surface area contributed by atoms with Gasteiger partial charge in [-0.1, -0.05) is 34.1 Å². The van der Waals surface area contributed by atoms with Crippen LogP contribution in [0.4, 0.5) is 5.69 Å². The molecule has 0 spiro atoms. The maximum absolute atomic E-state index is 12.4. The summed E-state index contributed by atoms with van der Waals surface area (Å²) in [5.74, 6) is 0. The van der Waals surface area contributed by atoms with Crippen LogP contribution in [-0.2, 0) is 10.0 Å². The number of nitro benzene ring substituents is 1. The predicted octanol–water partition coefficient (Wildman–Crippen LogP) is 3.71. The molecule has 0 amide bonds. The molecule has 0 radical (unpaired) electrons. The van der Waals surface area contributed by atoms with Crippen molar-refractivity contribution in [3.05, 3.63) is 68.2 Å². The highest BCUT2D eigenvalue weighted by Crippen LogP contribution is 2.24. The molecule has 0 aliphatic carbocycles.